The van der Waals surface area contributed by atoms with Crippen LogP contribution < -0.4 is 4.90 Å². The first kappa shape index (κ1) is 17.2. The van der Waals surface area contributed by atoms with Crippen LogP contribution in [0, 0.1) is 0 Å². The van der Waals surface area contributed by atoms with Crippen LogP contribution in [0.25, 0.3) is 0 Å². The fourth-order valence-corrected chi connectivity index (χ4v) is 4.37. The average Bonchev–Trinajstić information content (AvgIpc) is 3.18. The number of thiophene rings is 1. The summed E-state index contributed by atoms with van der Waals surface area (Å²) in [4.78, 5) is 28.6. The summed E-state index contributed by atoms with van der Waals surface area (Å²) in [5.41, 5.74) is 1.65. The third-order valence-corrected chi connectivity index (χ3v) is 6.01. The fraction of sp³-hybridized carbons (Fsp3) is 0.400. The Morgan fingerprint density at radius 1 is 1.15 bits per heavy atom. The van der Waals surface area contributed by atoms with Gasteiger partial charge >= 0.3 is 0 Å². The van der Waals surface area contributed by atoms with Crippen LogP contribution in [0.2, 0.25) is 0 Å². The summed E-state index contributed by atoms with van der Waals surface area (Å²) in [6.45, 7) is 2.03. The summed E-state index contributed by atoms with van der Waals surface area (Å²) in [7, 11) is 0. The molecule has 2 fully saturated rings. The van der Waals surface area contributed by atoms with Gasteiger partial charge in [-0.1, -0.05) is 18.2 Å². The number of carbonyl (C=O) groups excluding carboxylic acids is 2. The molecule has 1 aromatic carbocycles. The summed E-state index contributed by atoms with van der Waals surface area (Å²) in [5, 5.41) is 4.02. The second kappa shape index (κ2) is 7.21. The van der Waals surface area contributed by atoms with E-state index in [0.29, 0.717) is 26.1 Å². The van der Waals surface area contributed by atoms with Gasteiger partial charge in [0, 0.05) is 18.8 Å². The number of hydrogen-bond acceptors (Lipinski definition) is 4. The lowest BCUT2D eigenvalue weighted by atomic mass is 9.88. The maximum Gasteiger partial charge on any atom is 0.253 e. The van der Waals surface area contributed by atoms with Gasteiger partial charge in [0.2, 0.25) is 5.91 Å². The van der Waals surface area contributed by atoms with Crippen molar-refractivity contribution in [1.82, 2.24) is 4.90 Å². The molecule has 2 aliphatic heterocycles. The number of piperidine rings is 1. The van der Waals surface area contributed by atoms with Crippen LogP contribution in [-0.4, -0.2) is 48.6 Å². The van der Waals surface area contributed by atoms with Gasteiger partial charge in [-0.15, -0.1) is 0 Å². The first-order chi connectivity index (χ1) is 12.7. The van der Waals surface area contributed by atoms with Crippen molar-refractivity contribution in [2.24, 2.45) is 0 Å². The molecule has 2 saturated heterocycles. The zero-order valence-electron chi connectivity index (χ0n) is 14.6. The molecule has 136 valence electrons. The van der Waals surface area contributed by atoms with Crippen molar-refractivity contribution in [3.63, 3.8) is 0 Å². The zero-order chi connectivity index (χ0) is 18.0. The molecular weight excluding hydrogens is 348 g/mol. The molecule has 6 heteroatoms. The molecule has 4 rings (SSSR count). The summed E-state index contributed by atoms with van der Waals surface area (Å²) >= 11 is 1.62. The highest BCUT2D eigenvalue weighted by Gasteiger charge is 2.43. The minimum atomic E-state index is -0.344. The molecule has 5 nitrogen and oxygen atoms in total. The van der Waals surface area contributed by atoms with Gasteiger partial charge in [-0.25, -0.2) is 0 Å². The van der Waals surface area contributed by atoms with E-state index in [-0.39, 0.29) is 24.0 Å². The molecular formula is C20H22N2O3S. The number of ether oxygens (including phenoxy) is 1. The van der Waals surface area contributed by atoms with Crippen LogP contribution in [0.3, 0.4) is 0 Å². The van der Waals surface area contributed by atoms with Crippen molar-refractivity contribution in [3.05, 3.63) is 52.7 Å². The minimum Gasteiger partial charge on any atom is -0.363 e. The van der Waals surface area contributed by atoms with E-state index in [4.69, 9.17) is 4.74 Å². The molecule has 0 radical (unpaired) electrons. The largest absolute Gasteiger partial charge is 0.363 e. The van der Waals surface area contributed by atoms with Crippen molar-refractivity contribution in [2.45, 2.75) is 24.9 Å². The van der Waals surface area contributed by atoms with Gasteiger partial charge in [0.25, 0.3) is 5.91 Å². The molecule has 3 heterocycles. The van der Waals surface area contributed by atoms with Crippen LogP contribution in [0.15, 0.2) is 47.2 Å². The molecule has 2 amide bonds. The molecule has 0 N–H and O–H groups in total. The Balaban J connectivity index is 1.40. The molecule has 2 aromatic rings. The Bertz CT molecular complexity index is 768. The number of carbonyl (C=O) groups is 2. The first-order valence-electron chi connectivity index (χ1n) is 8.93. The average molecular weight is 370 g/mol. The van der Waals surface area contributed by atoms with Crippen molar-refractivity contribution in [3.8, 4) is 0 Å². The Hall–Kier alpha value is -2.18. The predicted molar refractivity (Wildman–Crippen MR) is 101 cm³/mol. The molecule has 1 spiro atoms. The number of hydrogen-bond donors (Lipinski definition) is 0. The highest BCUT2D eigenvalue weighted by atomic mass is 32.1. The van der Waals surface area contributed by atoms with Gasteiger partial charge in [0.15, 0.2) is 0 Å². The molecule has 0 bridgehead atoms. The lowest BCUT2D eigenvalue weighted by Crippen LogP contribution is -2.59. The molecule has 0 aliphatic carbocycles. The molecule has 1 aromatic heterocycles. The number of anilines is 1. The van der Waals surface area contributed by atoms with Gasteiger partial charge in [-0.05, 0) is 47.4 Å². The lowest BCUT2D eigenvalue weighted by molar-refractivity contribution is -0.150. The molecule has 0 unspecified atom stereocenters. The predicted octanol–water partition coefficient (Wildman–Crippen LogP) is 2.72. The number of amides is 2. The topological polar surface area (TPSA) is 49.9 Å². The monoisotopic (exact) mass is 370 g/mol. The van der Waals surface area contributed by atoms with Crippen molar-refractivity contribution >= 4 is 28.8 Å². The SMILES string of the molecule is O=C(Cc1ccsc1)N1CCC2(CC1)CN(c1ccccc1)C(=O)CO2. The number of nitrogens with zero attached hydrogens (tertiary/aromatic N) is 2. The van der Waals surface area contributed by atoms with E-state index in [1.54, 1.807) is 11.3 Å². The molecule has 26 heavy (non-hydrogen) atoms. The number of rotatable bonds is 3. The first-order valence-corrected chi connectivity index (χ1v) is 9.88. The fourth-order valence-electron chi connectivity index (χ4n) is 3.70. The van der Waals surface area contributed by atoms with Gasteiger partial charge < -0.3 is 14.5 Å². The summed E-state index contributed by atoms with van der Waals surface area (Å²) in [6, 6.07) is 11.7. The number of benzene rings is 1. The van der Waals surface area contributed by atoms with Gasteiger partial charge in [-0.3, -0.25) is 9.59 Å². The van der Waals surface area contributed by atoms with Crippen LogP contribution in [-0.2, 0) is 20.7 Å². The highest BCUT2D eigenvalue weighted by molar-refractivity contribution is 7.08. The second-order valence-corrected chi connectivity index (χ2v) is 7.76. The lowest BCUT2D eigenvalue weighted by Gasteiger charge is -2.47. The maximum absolute atomic E-state index is 12.5. The van der Waals surface area contributed by atoms with Crippen LogP contribution in [0.4, 0.5) is 5.69 Å². The van der Waals surface area contributed by atoms with Crippen LogP contribution >= 0.6 is 11.3 Å². The van der Waals surface area contributed by atoms with E-state index in [1.807, 2.05) is 57.0 Å². The van der Waals surface area contributed by atoms with E-state index < -0.39 is 0 Å². The quantitative estimate of drug-likeness (QED) is 0.835. The normalized spacial score (nSPS) is 19.8. The summed E-state index contributed by atoms with van der Waals surface area (Å²) in [5.74, 6) is 0.169. The van der Waals surface area contributed by atoms with Gasteiger partial charge in [-0.2, -0.15) is 11.3 Å². The standard InChI is InChI=1S/C20H22N2O3S/c23-18(12-16-6-11-26-14-16)21-9-7-20(8-10-21)15-22(19(24)13-25-20)17-4-2-1-3-5-17/h1-6,11,14H,7-10,12-13,15H2. The maximum atomic E-state index is 12.5. The van der Waals surface area contributed by atoms with Crippen molar-refractivity contribution < 1.29 is 14.3 Å². The van der Waals surface area contributed by atoms with Crippen molar-refractivity contribution in [2.75, 3.05) is 31.1 Å². The molecule has 2 aliphatic rings. The third-order valence-electron chi connectivity index (χ3n) is 5.28. The zero-order valence-corrected chi connectivity index (χ0v) is 15.4. The minimum absolute atomic E-state index is 0.00205. The van der Waals surface area contributed by atoms with Gasteiger partial charge in [0.05, 0.1) is 18.6 Å². The Morgan fingerprint density at radius 3 is 2.62 bits per heavy atom. The molecule has 0 atom stereocenters. The van der Waals surface area contributed by atoms with E-state index in [1.165, 1.54) is 0 Å². The second-order valence-electron chi connectivity index (χ2n) is 6.98. The Kier molecular flexibility index (Phi) is 4.78. The van der Waals surface area contributed by atoms with Crippen LogP contribution in [0.1, 0.15) is 18.4 Å². The van der Waals surface area contributed by atoms with Gasteiger partial charge in [0.1, 0.15) is 6.61 Å². The highest BCUT2D eigenvalue weighted by Crippen LogP contribution is 2.33. The summed E-state index contributed by atoms with van der Waals surface area (Å²) in [6.07, 6.45) is 1.99. The van der Waals surface area contributed by atoms with E-state index in [9.17, 15) is 9.59 Å². The van der Waals surface area contributed by atoms with E-state index >= 15 is 0 Å². The smallest absolute Gasteiger partial charge is 0.253 e. The number of likely N-dealkylation sites (tertiary alicyclic amines) is 1. The van der Waals surface area contributed by atoms with E-state index in [0.717, 1.165) is 24.1 Å². The number of morpholine rings is 1. The molecule has 0 saturated carbocycles. The van der Waals surface area contributed by atoms with E-state index in [2.05, 4.69) is 0 Å². The Morgan fingerprint density at radius 2 is 1.92 bits per heavy atom. The van der Waals surface area contributed by atoms with Crippen molar-refractivity contribution in [1.29, 1.82) is 0 Å². The number of para-hydroxylation sites is 1. The summed E-state index contributed by atoms with van der Waals surface area (Å²) < 4.78 is 5.98. The third kappa shape index (κ3) is 3.52. The Labute approximate surface area is 157 Å². The van der Waals surface area contributed by atoms with Crippen LogP contribution in [0.5, 0.6) is 0 Å².